The molecule has 47 heavy (non-hydrogen) atoms. The molecule has 4 saturated carbocycles. The molecular formula is C30H40F3NO13. The quantitative estimate of drug-likeness (QED) is 0.247. The number of alkyl halides is 3. The fraction of sp³-hybridized carbons (Fsp3) is 0.800. The van der Waals surface area contributed by atoms with Gasteiger partial charge in [0.2, 0.25) is 0 Å². The number of methoxy groups -OCH3 is 1. The molecule has 5 rings (SSSR count). The molecule has 264 valence electrons. The van der Waals surface area contributed by atoms with Crippen molar-refractivity contribution < 1.29 is 75.1 Å². The fourth-order valence-electron chi connectivity index (χ4n) is 7.81. The zero-order valence-corrected chi connectivity index (χ0v) is 26.7. The van der Waals surface area contributed by atoms with Crippen molar-refractivity contribution in [2.75, 3.05) is 13.7 Å². The molecule has 14 nitrogen and oxygen atoms in total. The predicted molar refractivity (Wildman–Crippen MR) is 147 cm³/mol. The van der Waals surface area contributed by atoms with E-state index in [0.717, 1.165) is 66.9 Å². The van der Waals surface area contributed by atoms with Gasteiger partial charge in [0.05, 0.1) is 25.7 Å². The van der Waals surface area contributed by atoms with Crippen molar-refractivity contribution in [3.05, 3.63) is 0 Å². The Morgan fingerprint density at radius 2 is 1.43 bits per heavy atom. The summed E-state index contributed by atoms with van der Waals surface area (Å²) >= 11 is 0. The van der Waals surface area contributed by atoms with Crippen molar-refractivity contribution in [1.29, 1.82) is 0 Å². The van der Waals surface area contributed by atoms with Crippen LogP contribution in [0.4, 0.5) is 13.2 Å². The average Bonchev–Trinajstić information content (AvgIpc) is 2.95. The van der Waals surface area contributed by atoms with E-state index >= 15 is 0 Å². The summed E-state index contributed by atoms with van der Waals surface area (Å²) in [4.78, 5) is 74.6. The van der Waals surface area contributed by atoms with Gasteiger partial charge >= 0.3 is 41.9 Å². The van der Waals surface area contributed by atoms with Crippen LogP contribution in [0.25, 0.3) is 0 Å². The first kappa shape index (κ1) is 36.4. The third kappa shape index (κ3) is 8.52. The SMILES string of the molecule is COC(=O)[C@@]1(OC2C3CC4CC(C3)CC2C4)C[C@H](OC(C)=O)[C@@H](NC(=O)C(F)(F)F)[C@H]([C@H](OC(C)=O)[C@@H](COC(C)=O)OC(C)=O)O1. The summed E-state index contributed by atoms with van der Waals surface area (Å²) in [5.74, 6) is -8.96. The summed E-state index contributed by atoms with van der Waals surface area (Å²) in [5, 5.41) is 1.73. The summed E-state index contributed by atoms with van der Waals surface area (Å²) in [6.07, 6.45) is -9.85. The van der Waals surface area contributed by atoms with E-state index in [2.05, 4.69) is 0 Å². The number of hydrogen-bond donors (Lipinski definition) is 1. The zero-order valence-electron chi connectivity index (χ0n) is 26.7. The molecule has 0 radical (unpaired) electrons. The summed E-state index contributed by atoms with van der Waals surface area (Å²) in [5.41, 5.74) is 0. The van der Waals surface area contributed by atoms with Crippen molar-refractivity contribution in [3.63, 3.8) is 0 Å². The molecule has 1 saturated heterocycles. The molecule has 6 atom stereocenters. The number of rotatable bonds is 11. The molecule has 1 N–H and O–H groups in total. The van der Waals surface area contributed by atoms with Gasteiger partial charge in [0, 0.05) is 27.7 Å². The van der Waals surface area contributed by atoms with E-state index in [1.807, 2.05) is 0 Å². The fourth-order valence-corrected chi connectivity index (χ4v) is 7.81. The molecule has 1 heterocycles. The molecule has 0 spiro atoms. The van der Waals surface area contributed by atoms with Crippen molar-refractivity contribution in [3.8, 4) is 0 Å². The first-order chi connectivity index (χ1) is 21.9. The highest BCUT2D eigenvalue weighted by Gasteiger charge is 2.62. The molecule has 1 aliphatic heterocycles. The van der Waals surface area contributed by atoms with E-state index in [-0.39, 0.29) is 11.8 Å². The topological polar surface area (TPSA) is 179 Å². The van der Waals surface area contributed by atoms with Gasteiger partial charge in [0.25, 0.3) is 5.79 Å². The highest BCUT2D eigenvalue weighted by atomic mass is 19.4. The van der Waals surface area contributed by atoms with Crippen LogP contribution in [-0.2, 0) is 61.9 Å². The summed E-state index contributed by atoms with van der Waals surface area (Å²) in [6, 6.07) is -1.98. The van der Waals surface area contributed by atoms with E-state index in [0.29, 0.717) is 11.8 Å². The van der Waals surface area contributed by atoms with Crippen LogP contribution in [0.3, 0.4) is 0 Å². The van der Waals surface area contributed by atoms with Crippen LogP contribution < -0.4 is 5.32 Å². The van der Waals surface area contributed by atoms with Crippen LogP contribution in [0.5, 0.6) is 0 Å². The Morgan fingerprint density at radius 1 is 0.851 bits per heavy atom. The van der Waals surface area contributed by atoms with Crippen molar-refractivity contribution >= 4 is 35.8 Å². The van der Waals surface area contributed by atoms with Crippen LogP contribution >= 0.6 is 0 Å². The van der Waals surface area contributed by atoms with Gasteiger partial charge < -0.3 is 38.5 Å². The van der Waals surface area contributed by atoms with Gasteiger partial charge in [-0.2, -0.15) is 13.2 Å². The Kier molecular flexibility index (Phi) is 11.1. The van der Waals surface area contributed by atoms with Gasteiger partial charge in [-0.25, -0.2) is 4.79 Å². The normalized spacial score (nSPS) is 34.0. The number of esters is 5. The molecule has 1 amide bonds. The molecule has 4 bridgehead atoms. The first-order valence-corrected chi connectivity index (χ1v) is 15.4. The number of amides is 1. The number of ether oxygens (including phenoxy) is 7. The van der Waals surface area contributed by atoms with Crippen LogP contribution in [0.1, 0.15) is 66.2 Å². The second-order valence-corrected chi connectivity index (χ2v) is 12.7. The van der Waals surface area contributed by atoms with E-state index in [9.17, 15) is 41.9 Å². The Labute approximate surface area is 268 Å². The maximum absolute atomic E-state index is 13.7. The van der Waals surface area contributed by atoms with Gasteiger partial charge in [0.1, 0.15) is 18.8 Å². The molecule has 4 aliphatic carbocycles. The second kappa shape index (κ2) is 14.3. The maximum Gasteiger partial charge on any atom is 0.471 e. The maximum atomic E-state index is 13.7. The smallest absolute Gasteiger partial charge is 0.465 e. The zero-order chi connectivity index (χ0) is 34.8. The first-order valence-electron chi connectivity index (χ1n) is 15.4. The monoisotopic (exact) mass is 679 g/mol. The number of nitrogens with one attached hydrogen (secondary N) is 1. The van der Waals surface area contributed by atoms with Crippen LogP contribution in [0.15, 0.2) is 0 Å². The van der Waals surface area contributed by atoms with E-state index in [4.69, 9.17) is 33.2 Å². The lowest BCUT2D eigenvalue weighted by Crippen LogP contribution is -2.71. The van der Waals surface area contributed by atoms with Gasteiger partial charge in [-0.15, -0.1) is 0 Å². The van der Waals surface area contributed by atoms with Crippen LogP contribution in [0, 0.1) is 23.7 Å². The predicted octanol–water partition coefficient (Wildman–Crippen LogP) is 1.89. The van der Waals surface area contributed by atoms with Crippen LogP contribution in [-0.4, -0.2) is 98.0 Å². The molecular weight excluding hydrogens is 639 g/mol. The van der Waals surface area contributed by atoms with Crippen molar-refractivity contribution in [2.45, 2.75) is 115 Å². The standard InChI is InChI=1S/C30H40F3NO13/c1-13(35)42-12-22(44-15(3)37)25(45-16(4)38)26-23(34-27(39)30(31,32)33)21(43-14(2)36)11-29(47-26,28(40)41-5)46-24-19-7-17-6-18(9-19)10-20(24)8-17/h17-26H,6-12H2,1-5H3,(H,34,39)/t17?,18?,19?,20?,21-,22+,23+,24?,25+,26+,29+/m0/s1. The lowest BCUT2D eigenvalue weighted by Gasteiger charge is -2.56. The highest BCUT2D eigenvalue weighted by molar-refractivity contribution is 5.82. The third-order valence-electron chi connectivity index (χ3n) is 9.15. The van der Waals surface area contributed by atoms with Crippen LogP contribution in [0.2, 0.25) is 0 Å². The van der Waals surface area contributed by atoms with E-state index < -0.39 is 97.3 Å². The minimum absolute atomic E-state index is 0.0201. The molecule has 0 unspecified atom stereocenters. The molecule has 0 aromatic carbocycles. The lowest BCUT2D eigenvalue weighted by molar-refractivity contribution is -0.341. The van der Waals surface area contributed by atoms with Crippen molar-refractivity contribution in [1.82, 2.24) is 5.32 Å². The molecule has 5 fully saturated rings. The third-order valence-corrected chi connectivity index (χ3v) is 9.15. The average molecular weight is 680 g/mol. The van der Waals surface area contributed by atoms with Crippen molar-refractivity contribution in [2.24, 2.45) is 23.7 Å². The summed E-state index contributed by atoms with van der Waals surface area (Å²) < 4.78 is 79.7. The number of halogens is 3. The molecule has 17 heteroatoms. The lowest BCUT2D eigenvalue weighted by atomic mass is 9.55. The number of carbonyl (C=O) groups excluding carboxylic acids is 6. The summed E-state index contributed by atoms with van der Waals surface area (Å²) in [6.45, 7) is 3.08. The number of carbonyl (C=O) groups is 6. The van der Waals surface area contributed by atoms with Gasteiger partial charge in [-0.05, 0) is 55.8 Å². The Hall–Kier alpha value is -3.47. The Morgan fingerprint density at radius 3 is 1.89 bits per heavy atom. The van der Waals surface area contributed by atoms with Gasteiger partial charge in [-0.3, -0.25) is 24.0 Å². The highest BCUT2D eigenvalue weighted by Crippen LogP contribution is 2.56. The Balaban J connectivity index is 1.85. The molecule has 5 aliphatic rings. The molecule has 0 aromatic rings. The van der Waals surface area contributed by atoms with E-state index in [1.165, 1.54) is 0 Å². The summed E-state index contributed by atoms with van der Waals surface area (Å²) in [7, 11) is 1.02. The largest absolute Gasteiger partial charge is 0.471 e. The second-order valence-electron chi connectivity index (χ2n) is 12.7. The van der Waals surface area contributed by atoms with E-state index in [1.54, 1.807) is 5.32 Å². The Bertz CT molecular complexity index is 1210. The number of hydrogen-bond acceptors (Lipinski definition) is 13. The van der Waals surface area contributed by atoms with Gasteiger partial charge in [0.15, 0.2) is 12.2 Å². The minimum atomic E-state index is -5.44. The minimum Gasteiger partial charge on any atom is -0.465 e. The molecule has 0 aromatic heterocycles. The van der Waals surface area contributed by atoms with Gasteiger partial charge in [-0.1, -0.05) is 0 Å².